The van der Waals surface area contributed by atoms with Gasteiger partial charge in [-0.15, -0.1) is 0 Å². The molecule has 0 fully saturated rings. The van der Waals surface area contributed by atoms with Crippen LogP contribution in [0.5, 0.6) is 0 Å². The number of rotatable bonds is 7. The summed E-state index contributed by atoms with van der Waals surface area (Å²) in [5, 5.41) is 6.53. The Morgan fingerprint density at radius 1 is 1.13 bits per heavy atom. The van der Waals surface area contributed by atoms with Gasteiger partial charge in [-0.2, -0.15) is 0 Å². The molecule has 0 aromatic heterocycles. The van der Waals surface area contributed by atoms with Crippen LogP contribution in [0.15, 0.2) is 24.3 Å². The average molecular weight is 206 g/mol. The summed E-state index contributed by atoms with van der Waals surface area (Å²) in [6.07, 6.45) is 2.39. The van der Waals surface area contributed by atoms with E-state index in [-0.39, 0.29) is 0 Å². The number of hydrogen-bond donors (Lipinski definition) is 2. The van der Waals surface area contributed by atoms with E-state index in [1.54, 1.807) is 0 Å². The SMILES string of the molecule is CNCCNCCCc1cccc(C)c1. The Balaban J connectivity index is 2.10. The molecule has 0 unspecified atom stereocenters. The summed E-state index contributed by atoms with van der Waals surface area (Å²) in [7, 11) is 1.98. The molecule has 0 aliphatic carbocycles. The molecule has 1 rings (SSSR count). The molecule has 0 radical (unpaired) electrons. The van der Waals surface area contributed by atoms with Crippen molar-refractivity contribution >= 4 is 0 Å². The summed E-state index contributed by atoms with van der Waals surface area (Å²) >= 11 is 0. The Bertz CT molecular complexity index is 271. The van der Waals surface area contributed by atoms with E-state index in [9.17, 15) is 0 Å². The Morgan fingerprint density at radius 3 is 2.73 bits per heavy atom. The second kappa shape index (κ2) is 7.43. The van der Waals surface area contributed by atoms with Crippen molar-refractivity contribution in [1.82, 2.24) is 10.6 Å². The molecule has 0 saturated carbocycles. The van der Waals surface area contributed by atoms with Gasteiger partial charge in [0, 0.05) is 13.1 Å². The number of benzene rings is 1. The standard InChI is InChI=1S/C13H22N2/c1-12-5-3-6-13(11-12)7-4-8-15-10-9-14-2/h3,5-6,11,14-15H,4,7-10H2,1-2H3. The van der Waals surface area contributed by atoms with Crippen LogP contribution in [0.2, 0.25) is 0 Å². The second-order valence-corrected chi connectivity index (χ2v) is 3.95. The number of likely N-dealkylation sites (N-methyl/N-ethyl adjacent to an activating group) is 1. The maximum atomic E-state index is 3.41. The molecule has 15 heavy (non-hydrogen) atoms. The lowest BCUT2D eigenvalue weighted by atomic mass is 10.1. The van der Waals surface area contributed by atoms with E-state index in [0.29, 0.717) is 0 Å². The third-order valence-corrected chi connectivity index (χ3v) is 2.45. The van der Waals surface area contributed by atoms with Gasteiger partial charge in [0.05, 0.1) is 0 Å². The molecule has 0 amide bonds. The summed E-state index contributed by atoms with van der Waals surface area (Å²) in [5.74, 6) is 0. The highest BCUT2D eigenvalue weighted by Gasteiger charge is 1.93. The lowest BCUT2D eigenvalue weighted by Crippen LogP contribution is -2.25. The number of hydrogen-bond acceptors (Lipinski definition) is 2. The minimum absolute atomic E-state index is 1.05. The van der Waals surface area contributed by atoms with Gasteiger partial charge >= 0.3 is 0 Å². The van der Waals surface area contributed by atoms with Gasteiger partial charge < -0.3 is 10.6 Å². The van der Waals surface area contributed by atoms with Crippen LogP contribution >= 0.6 is 0 Å². The van der Waals surface area contributed by atoms with Crippen LogP contribution in [0.1, 0.15) is 17.5 Å². The molecule has 0 atom stereocenters. The van der Waals surface area contributed by atoms with Crippen LogP contribution in [0.25, 0.3) is 0 Å². The zero-order chi connectivity index (χ0) is 10.9. The third kappa shape index (κ3) is 5.55. The Hall–Kier alpha value is -0.860. The molecular formula is C13H22N2. The molecule has 84 valence electrons. The van der Waals surface area contributed by atoms with Crippen molar-refractivity contribution in [2.24, 2.45) is 0 Å². The fourth-order valence-corrected chi connectivity index (χ4v) is 1.62. The van der Waals surface area contributed by atoms with Crippen molar-refractivity contribution in [2.75, 3.05) is 26.7 Å². The fraction of sp³-hybridized carbons (Fsp3) is 0.538. The lowest BCUT2D eigenvalue weighted by molar-refractivity contribution is 0.625. The summed E-state index contributed by atoms with van der Waals surface area (Å²) in [6, 6.07) is 8.77. The molecule has 0 heterocycles. The normalized spacial score (nSPS) is 10.5. The molecule has 0 aliphatic rings. The van der Waals surface area contributed by atoms with Gasteiger partial charge in [-0.3, -0.25) is 0 Å². The van der Waals surface area contributed by atoms with E-state index < -0.39 is 0 Å². The van der Waals surface area contributed by atoms with Crippen LogP contribution in [-0.4, -0.2) is 26.7 Å². The Kier molecular flexibility index (Phi) is 6.05. The van der Waals surface area contributed by atoms with Crippen molar-refractivity contribution in [2.45, 2.75) is 19.8 Å². The average Bonchev–Trinajstić information content (AvgIpc) is 2.23. The summed E-state index contributed by atoms with van der Waals surface area (Å²) in [5.41, 5.74) is 2.81. The van der Waals surface area contributed by atoms with Crippen molar-refractivity contribution < 1.29 is 0 Å². The van der Waals surface area contributed by atoms with E-state index in [4.69, 9.17) is 0 Å². The predicted octanol–water partition coefficient (Wildman–Crippen LogP) is 1.74. The zero-order valence-corrected chi connectivity index (χ0v) is 9.84. The van der Waals surface area contributed by atoms with Crippen molar-refractivity contribution in [3.8, 4) is 0 Å². The molecule has 0 bridgehead atoms. The molecule has 0 saturated heterocycles. The van der Waals surface area contributed by atoms with Gasteiger partial charge in [-0.1, -0.05) is 29.8 Å². The molecule has 2 N–H and O–H groups in total. The van der Waals surface area contributed by atoms with E-state index in [1.807, 2.05) is 7.05 Å². The Labute approximate surface area is 93.1 Å². The van der Waals surface area contributed by atoms with Crippen LogP contribution in [-0.2, 0) is 6.42 Å². The summed E-state index contributed by atoms with van der Waals surface area (Å²) in [4.78, 5) is 0. The van der Waals surface area contributed by atoms with E-state index >= 15 is 0 Å². The topological polar surface area (TPSA) is 24.1 Å². The first kappa shape index (κ1) is 12.2. The van der Waals surface area contributed by atoms with Gasteiger partial charge in [0.2, 0.25) is 0 Å². The van der Waals surface area contributed by atoms with Gasteiger partial charge in [-0.25, -0.2) is 0 Å². The first-order valence-electron chi connectivity index (χ1n) is 5.74. The van der Waals surface area contributed by atoms with Crippen LogP contribution in [0.4, 0.5) is 0 Å². The fourth-order valence-electron chi connectivity index (χ4n) is 1.62. The predicted molar refractivity (Wildman–Crippen MR) is 66.3 cm³/mol. The molecule has 0 aliphatic heterocycles. The van der Waals surface area contributed by atoms with Gasteiger partial charge in [0.25, 0.3) is 0 Å². The first-order chi connectivity index (χ1) is 7.33. The number of aryl methyl sites for hydroxylation is 2. The molecule has 2 nitrogen and oxygen atoms in total. The van der Waals surface area contributed by atoms with E-state index in [1.165, 1.54) is 24.0 Å². The highest BCUT2D eigenvalue weighted by atomic mass is 14.9. The van der Waals surface area contributed by atoms with Crippen molar-refractivity contribution in [1.29, 1.82) is 0 Å². The molecule has 1 aromatic carbocycles. The molecule has 1 aromatic rings. The van der Waals surface area contributed by atoms with Gasteiger partial charge in [0.15, 0.2) is 0 Å². The Morgan fingerprint density at radius 2 is 2.00 bits per heavy atom. The van der Waals surface area contributed by atoms with Gasteiger partial charge in [-0.05, 0) is 38.9 Å². The third-order valence-electron chi connectivity index (χ3n) is 2.45. The molecule has 2 heteroatoms. The van der Waals surface area contributed by atoms with Crippen LogP contribution < -0.4 is 10.6 Å². The largest absolute Gasteiger partial charge is 0.318 e. The summed E-state index contributed by atoms with van der Waals surface area (Å²) in [6.45, 7) is 5.36. The smallest absolute Gasteiger partial charge is 0.00766 e. The van der Waals surface area contributed by atoms with Crippen LogP contribution in [0.3, 0.4) is 0 Å². The minimum atomic E-state index is 1.05. The zero-order valence-electron chi connectivity index (χ0n) is 9.84. The van der Waals surface area contributed by atoms with E-state index in [0.717, 1.165) is 19.6 Å². The highest BCUT2D eigenvalue weighted by molar-refractivity contribution is 5.22. The van der Waals surface area contributed by atoms with Gasteiger partial charge in [0.1, 0.15) is 0 Å². The van der Waals surface area contributed by atoms with Crippen molar-refractivity contribution in [3.05, 3.63) is 35.4 Å². The molecule has 0 spiro atoms. The minimum Gasteiger partial charge on any atom is -0.318 e. The van der Waals surface area contributed by atoms with Crippen LogP contribution in [0, 0.1) is 6.92 Å². The van der Waals surface area contributed by atoms with Crippen molar-refractivity contribution in [3.63, 3.8) is 0 Å². The highest BCUT2D eigenvalue weighted by Crippen LogP contribution is 2.05. The summed E-state index contributed by atoms with van der Waals surface area (Å²) < 4.78 is 0. The quantitative estimate of drug-likeness (QED) is 0.664. The second-order valence-electron chi connectivity index (χ2n) is 3.95. The maximum Gasteiger partial charge on any atom is 0.00766 e. The van der Waals surface area contributed by atoms with E-state index in [2.05, 4.69) is 41.8 Å². The lowest BCUT2D eigenvalue weighted by Gasteiger charge is -2.05. The molecular weight excluding hydrogens is 184 g/mol. The monoisotopic (exact) mass is 206 g/mol. The number of nitrogens with one attached hydrogen (secondary N) is 2. The maximum absolute atomic E-state index is 3.41. The first-order valence-corrected chi connectivity index (χ1v) is 5.74.